The number of rotatable bonds is 4. The zero-order chi connectivity index (χ0) is 17.3. The first-order valence-electron chi connectivity index (χ1n) is 7.61. The number of fused-ring (bicyclic) bond motifs is 1. The fraction of sp³-hybridized carbons (Fsp3) is 0.278. The van der Waals surface area contributed by atoms with E-state index in [9.17, 15) is 13.6 Å². The van der Waals surface area contributed by atoms with Crippen LogP contribution in [0.2, 0.25) is 0 Å². The van der Waals surface area contributed by atoms with Gasteiger partial charge in [0, 0.05) is 22.1 Å². The van der Waals surface area contributed by atoms with Gasteiger partial charge in [-0.15, -0.1) is 0 Å². The maximum Gasteiger partial charge on any atom is 0.332 e. The predicted molar refractivity (Wildman–Crippen MR) is 95.9 cm³/mol. The van der Waals surface area contributed by atoms with Crippen LogP contribution >= 0.6 is 22.6 Å². The summed E-state index contributed by atoms with van der Waals surface area (Å²) in [5, 5.41) is 3.15. The van der Waals surface area contributed by atoms with Gasteiger partial charge in [0.25, 0.3) is 0 Å². The first-order chi connectivity index (χ1) is 11.4. The van der Waals surface area contributed by atoms with E-state index in [1.165, 1.54) is 24.3 Å². The standard InChI is InChI=1S/C18H16F2INO2/c1-2-24-17(23)18(9-11-3-5-13(19)7-15(11)21)10-12-4-6-14(20)8-16(12)22-18/h3-8,22H,2,9-10H2,1H3. The second kappa shape index (κ2) is 6.66. The number of benzene rings is 2. The number of esters is 1. The molecule has 1 heterocycles. The van der Waals surface area contributed by atoms with E-state index >= 15 is 0 Å². The average Bonchev–Trinajstić information content (AvgIpc) is 2.89. The highest BCUT2D eigenvalue weighted by molar-refractivity contribution is 14.1. The van der Waals surface area contributed by atoms with Crippen molar-refractivity contribution in [3.8, 4) is 0 Å². The van der Waals surface area contributed by atoms with Crippen LogP contribution < -0.4 is 5.32 Å². The number of hydrogen-bond acceptors (Lipinski definition) is 3. The monoisotopic (exact) mass is 443 g/mol. The minimum atomic E-state index is -1.01. The Labute approximate surface area is 152 Å². The lowest BCUT2D eigenvalue weighted by Gasteiger charge is -2.28. The normalized spacial score (nSPS) is 18.8. The van der Waals surface area contributed by atoms with Crippen LogP contribution in [0.25, 0.3) is 0 Å². The molecule has 1 atom stereocenters. The Morgan fingerprint density at radius 1 is 1.25 bits per heavy atom. The Balaban J connectivity index is 1.97. The average molecular weight is 443 g/mol. The molecule has 0 saturated heterocycles. The fourth-order valence-corrected chi connectivity index (χ4v) is 3.68. The zero-order valence-corrected chi connectivity index (χ0v) is 15.2. The van der Waals surface area contributed by atoms with Gasteiger partial charge >= 0.3 is 5.97 Å². The van der Waals surface area contributed by atoms with Crippen LogP contribution in [0.3, 0.4) is 0 Å². The maximum absolute atomic E-state index is 13.5. The molecule has 0 fully saturated rings. The topological polar surface area (TPSA) is 38.3 Å². The number of carbonyl (C=O) groups is 1. The third-order valence-electron chi connectivity index (χ3n) is 4.11. The summed E-state index contributed by atoms with van der Waals surface area (Å²) in [7, 11) is 0. The number of carbonyl (C=O) groups excluding carboxylic acids is 1. The molecule has 2 aromatic rings. The van der Waals surface area contributed by atoms with E-state index in [2.05, 4.69) is 5.32 Å². The molecule has 1 N–H and O–H groups in total. The van der Waals surface area contributed by atoms with Crippen LogP contribution in [0, 0.1) is 15.2 Å². The number of hydrogen-bond donors (Lipinski definition) is 1. The summed E-state index contributed by atoms with van der Waals surface area (Å²) in [5.41, 5.74) is 1.29. The third kappa shape index (κ3) is 3.24. The van der Waals surface area contributed by atoms with Gasteiger partial charge in [0.2, 0.25) is 0 Å². The molecule has 0 bridgehead atoms. The van der Waals surface area contributed by atoms with Crippen molar-refractivity contribution in [2.24, 2.45) is 0 Å². The van der Waals surface area contributed by atoms with Crippen LogP contribution in [0.5, 0.6) is 0 Å². The molecule has 1 unspecified atom stereocenters. The second-order valence-electron chi connectivity index (χ2n) is 5.82. The minimum absolute atomic E-state index is 0.257. The molecule has 0 saturated carbocycles. The van der Waals surface area contributed by atoms with E-state index in [-0.39, 0.29) is 24.2 Å². The van der Waals surface area contributed by atoms with Crippen LogP contribution in [0.1, 0.15) is 18.1 Å². The summed E-state index contributed by atoms with van der Waals surface area (Å²) in [6.45, 7) is 2.00. The van der Waals surface area contributed by atoms with Gasteiger partial charge in [0.1, 0.15) is 17.2 Å². The largest absolute Gasteiger partial charge is 0.464 e. The molecule has 0 aromatic heterocycles. The highest BCUT2D eigenvalue weighted by Gasteiger charge is 2.45. The number of anilines is 1. The summed E-state index contributed by atoms with van der Waals surface area (Å²) >= 11 is 2.05. The fourth-order valence-electron chi connectivity index (χ4n) is 3.01. The Morgan fingerprint density at radius 3 is 2.67 bits per heavy atom. The van der Waals surface area contributed by atoms with E-state index in [0.717, 1.165) is 14.7 Å². The third-order valence-corrected chi connectivity index (χ3v) is 5.12. The van der Waals surface area contributed by atoms with E-state index in [0.29, 0.717) is 18.5 Å². The van der Waals surface area contributed by atoms with Crippen molar-refractivity contribution in [2.75, 3.05) is 11.9 Å². The molecule has 2 aromatic carbocycles. The lowest BCUT2D eigenvalue weighted by molar-refractivity contribution is -0.148. The highest BCUT2D eigenvalue weighted by Crippen LogP contribution is 2.37. The molecule has 126 valence electrons. The maximum atomic E-state index is 13.5. The van der Waals surface area contributed by atoms with Crippen molar-refractivity contribution in [3.05, 3.63) is 62.7 Å². The summed E-state index contributed by atoms with van der Waals surface area (Å²) < 4.78 is 32.8. The van der Waals surface area contributed by atoms with Crippen molar-refractivity contribution in [3.63, 3.8) is 0 Å². The molecule has 0 aliphatic carbocycles. The first-order valence-corrected chi connectivity index (χ1v) is 8.69. The number of ether oxygens (including phenoxy) is 1. The molecule has 3 rings (SSSR count). The van der Waals surface area contributed by atoms with Crippen molar-refractivity contribution in [1.29, 1.82) is 0 Å². The van der Waals surface area contributed by atoms with Crippen molar-refractivity contribution >= 4 is 34.2 Å². The second-order valence-corrected chi connectivity index (χ2v) is 6.98. The minimum Gasteiger partial charge on any atom is -0.464 e. The van der Waals surface area contributed by atoms with E-state index in [4.69, 9.17) is 4.74 Å². The summed E-state index contributed by atoms with van der Waals surface area (Å²) in [5.74, 6) is -1.07. The molecule has 1 aliphatic heterocycles. The first kappa shape index (κ1) is 17.1. The lowest BCUT2D eigenvalue weighted by atomic mass is 9.88. The summed E-state index contributed by atoms with van der Waals surface area (Å²) in [6.07, 6.45) is 0.732. The summed E-state index contributed by atoms with van der Waals surface area (Å²) in [6, 6.07) is 8.90. The van der Waals surface area contributed by atoms with Gasteiger partial charge in [-0.25, -0.2) is 13.6 Å². The summed E-state index contributed by atoms with van der Waals surface area (Å²) in [4.78, 5) is 12.6. The Hall–Kier alpha value is -1.70. The molecular weight excluding hydrogens is 427 g/mol. The van der Waals surface area contributed by atoms with Gasteiger partial charge in [-0.3, -0.25) is 0 Å². The zero-order valence-electron chi connectivity index (χ0n) is 13.0. The van der Waals surface area contributed by atoms with E-state index in [1.807, 2.05) is 22.6 Å². The lowest BCUT2D eigenvalue weighted by Crippen LogP contribution is -2.48. The SMILES string of the molecule is CCOC(=O)C1(Cc2ccc(F)cc2I)Cc2ccc(F)cc2N1. The molecule has 0 amide bonds. The Kier molecular flexibility index (Phi) is 4.76. The van der Waals surface area contributed by atoms with Crippen molar-refractivity contribution in [2.45, 2.75) is 25.3 Å². The van der Waals surface area contributed by atoms with Gasteiger partial charge in [0.15, 0.2) is 0 Å². The Morgan fingerprint density at radius 2 is 1.96 bits per heavy atom. The van der Waals surface area contributed by atoms with Gasteiger partial charge in [-0.1, -0.05) is 12.1 Å². The molecule has 0 spiro atoms. The van der Waals surface area contributed by atoms with Gasteiger partial charge in [-0.05, 0) is 64.9 Å². The number of halogens is 3. The van der Waals surface area contributed by atoms with Gasteiger partial charge in [-0.2, -0.15) is 0 Å². The quantitative estimate of drug-likeness (QED) is 0.572. The van der Waals surface area contributed by atoms with Crippen LogP contribution in [-0.2, 0) is 22.4 Å². The van der Waals surface area contributed by atoms with Gasteiger partial charge in [0.05, 0.1) is 6.61 Å². The molecule has 6 heteroatoms. The van der Waals surface area contributed by atoms with E-state index < -0.39 is 5.54 Å². The molecule has 1 aliphatic rings. The molecule has 24 heavy (non-hydrogen) atoms. The number of nitrogens with one attached hydrogen (secondary N) is 1. The van der Waals surface area contributed by atoms with Crippen LogP contribution in [0.4, 0.5) is 14.5 Å². The molecular formula is C18H16F2INO2. The molecule has 3 nitrogen and oxygen atoms in total. The van der Waals surface area contributed by atoms with E-state index in [1.54, 1.807) is 19.1 Å². The van der Waals surface area contributed by atoms with Gasteiger partial charge < -0.3 is 10.1 Å². The van der Waals surface area contributed by atoms with Crippen molar-refractivity contribution < 1.29 is 18.3 Å². The smallest absolute Gasteiger partial charge is 0.332 e. The highest BCUT2D eigenvalue weighted by atomic mass is 127. The molecule has 0 radical (unpaired) electrons. The predicted octanol–water partition coefficient (Wildman–Crippen LogP) is 4.08. The Bertz CT molecular complexity index is 797. The van der Waals surface area contributed by atoms with Crippen LogP contribution in [0.15, 0.2) is 36.4 Å². The van der Waals surface area contributed by atoms with Crippen LogP contribution in [-0.4, -0.2) is 18.1 Å². The van der Waals surface area contributed by atoms with Crippen molar-refractivity contribution in [1.82, 2.24) is 0 Å².